The van der Waals surface area contributed by atoms with Gasteiger partial charge < -0.3 is 4.42 Å². The molecule has 1 aromatic heterocycles. The van der Waals surface area contributed by atoms with Crippen molar-refractivity contribution in [2.24, 2.45) is 5.10 Å². The van der Waals surface area contributed by atoms with Gasteiger partial charge in [-0.3, -0.25) is 25.7 Å². The van der Waals surface area contributed by atoms with Crippen molar-refractivity contribution in [1.29, 1.82) is 0 Å². The SMILES string of the molecule is O=[N+]([O-])c1ccc(N/N=C\c2ccc(C(F)(F)F)o2)c([N+](=O)[O-])c1. The molecule has 0 saturated carbocycles. The first-order valence-electron chi connectivity index (χ1n) is 6.07. The molecule has 1 N–H and O–H groups in total. The molecule has 0 amide bonds. The summed E-state index contributed by atoms with van der Waals surface area (Å²) in [5.74, 6) is -1.45. The van der Waals surface area contributed by atoms with Gasteiger partial charge in [-0.1, -0.05) is 0 Å². The number of alkyl halides is 3. The molecule has 0 aliphatic carbocycles. The van der Waals surface area contributed by atoms with Gasteiger partial charge in [-0.2, -0.15) is 18.3 Å². The van der Waals surface area contributed by atoms with Crippen LogP contribution in [0.15, 0.2) is 39.9 Å². The first-order valence-corrected chi connectivity index (χ1v) is 6.07. The van der Waals surface area contributed by atoms with Crippen LogP contribution in [0.3, 0.4) is 0 Å². The van der Waals surface area contributed by atoms with Gasteiger partial charge >= 0.3 is 11.9 Å². The van der Waals surface area contributed by atoms with Crippen LogP contribution in [0.1, 0.15) is 11.5 Å². The van der Waals surface area contributed by atoms with Gasteiger partial charge in [0.05, 0.1) is 22.1 Å². The summed E-state index contributed by atoms with van der Waals surface area (Å²) in [7, 11) is 0. The largest absolute Gasteiger partial charge is 0.450 e. The van der Waals surface area contributed by atoms with Crippen molar-refractivity contribution in [3.05, 3.63) is 62.1 Å². The highest BCUT2D eigenvalue weighted by Gasteiger charge is 2.34. The summed E-state index contributed by atoms with van der Waals surface area (Å²) in [6.07, 6.45) is -3.77. The van der Waals surface area contributed by atoms with E-state index in [-0.39, 0.29) is 11.4 Å². The fourth-order valence-electron chi connectivity index (χ4n) is 1.62. The average molecular weight is 344 g/mol. The molecule has 0 aliphatic heterocycles. The molecule has 24 heavy (non-hydrogen) atoms. The molecule has 12 heteroatoms. The van der Waals surface area contributed by atoms with Gasteiger partial charge in [-0.15, -0.1) is 0 Å². The van der Waals surface area contributed by atoms with Crippen molar-refractivity contribution < 1.29 is 27.4 Å². The number of rotatable bonds is 5. The molecule has 1 aromatic carbocycles. The van der Waals surface area contributed by atoms with E-state index in [4.69, 9.17) is 0 Å². The van der Waals surface area contributed by atoms with Crippen LogP contribution in [-0.2, 0) is 6.18 Å². The molecule has 0 radical (unpaired) electrons. The highest BCUT2D eigenvalue weighted by Crippen LogP contribution is 2.31. The lowest BCUT2D eigenvalue weighted by Crippen LogP contribution is -2.02. The number of nitrogens with one attached hydrogen (secondary N) is 1. The zero-order chi connectivity index (χ0) is 17.9. The van der Waals surface area contributed by atoms with Gasteiger partial charge in [0, 0.05) is 6.07 Å². The third-order valence-electron chi connectivity index (χ3n) is 2.67. The summed E-state index contributed by atoms with van der Waals surface area (Å²) >= 11 is 0. The summed E-state index contributed by atoms with van der Waals surface area (Å²) < 4.78 is 41.5. The van der Waals surface area contributed by atoms with Crippen LogP contribution >= 0.6 is 0 Å². The predicted octanol–water partition coefficient (Wildman–Crippen LogP) is 3.56. The minimum absolute atomic E-state index is 0.176. The van der Waals surface area contributed by atoms with E-state index in [9.17, 15) is 33.4 Å². The molecular weight excluding hydrogens is 337 g/mol. The van der Waals surface area contributed by atoms with Gasteiger partial charge in [0.15, 0.2) is 0 Å². The minimum Gasteiger partial charge on any atom is -0.450 e. The number of benzene rings is 1. The lowest BCUT2D eigenvalue weighted by molar-refractivity contribution is -0.393. The highest BCUT2D eigenvalue weighted by molar-refractivity contribution is 5.77. The van der Waals surface area contributed by atoms with Crippen LogP contribution in [-0.4, -0.2) is 16.1 Å². The van der Waals surface area contributed by atoms with E-state index in [0.717, 1.165) is 30.5 Å². The molecule has 2 rings (SSSR count). The second-order valence-electron chi connectivity index (χ2n) is 4.29. The molecule has 0 atom stereocenters. The highest BCUT2D eigenvalue weighted by atomic mass is 19.4. The van der Waals surface area contributed by atoms with Gasteiger partial charge in [0.25, 0.3) is 5.69 Å². The van der Waals surface area contributed by atoms with E-state index >= 15 is 0 Å². The fourth-order valence-corrected chi connectivity index (χ4v) is 1.62. The normalized spacial score (nSPS) is 11.6. The van der Waals surface area contributed by atoms with E-state index in [2.05, 4.69) is 14.9 Å². The number of halogens is 3. The Labute approximate surface area is 130 Å². The lowest BCUT2D eigenvalue weighted by Gasteiger charge is -2.01. The Kier molecular flexibility index (Phi) is 4.48. The quantitative estimate of drug-likeness (QED) is 0.502. The molecule has 1 heterocycles. The maximum absolute atomic E-state index is 12.3. The Bertz CT molecular complexity index is 815. The Balaban J connectivity index is 2.18. The number of non-ortho nitro benzene ring substituents is 1. The Morgan fingerprint density at radius 1 is 1.12 bits per heavy atom. The fraction of sp³-hybridized carbons (Fsp3) is 0.0833. The van der Waals surface area contributed by atoms with Gasteiger partial charge in [-0.25, -0.2) is 0 Å². The van der Waals surface area contributed by atoms with E-state index in [1.54, 1.807) is 0 Å². The van der Waals surface area contributed by atoms with E-state index in [1.165, 1.54) is 0 Å². The van der Waals surface area contributed by atoms with Crippen LogP contribution in [0.2, 0.25) is 0 Å². The number of nitro groups is 2. The first-order chi connectivity index (χ1) is 11.2. The molecule has 9 nitrogen and oxygen atoms in total. The summed E-state index contributed by atoms with van der Waals surface area (Å²) in [5.41, 5.74) is 0.942. The van der Waals surface area contributed by atoms with Crippen molar-refractivity contribution in [1.82, 2.24) is 0 Å². The first kappa shape index (κ1) is 16.9. The van der Waals surface area contributed by atoms with Crippen molar-refractivity contribution in [3.8, 4) is 0 Å². The van der Waals surface area contributed by atoms with Crippen LogP contribution < -0.4 is 5.43 Å². The maximum atomic E-state index is 12.3. The maximum Gasteiger partial charge on any atom is 0.449 e. The molecule has 0 aliphatic rings. The van der Waals surface area contributed by atoms with Crippen LogP contribution in [0.25, 0.3) is 0 Å². The zero-order valence-corrected chi connectivity index (χ0v) is 11.5. The second kappa shape index (κ2) is 6.36. The smallest absolute Gasteiger partial charge is 0.449 e. The molecule has 0 bridgehead atoms. The van der Waals surface area contributed by atoms with Gasteiger partial charge in [-0.05, 0) is 18.2 Å². The zero-order valence-electron chi connectivity index (χ0n) is 11.5. The molecule has 0 saturated heterocycles. The van der Waals surface area contributed by atoms with Gasteiger partial charge in [0.2, 0.25) is 5.76 Å². The van der Waals surface area contributed by atoms with E-state index < -0.39 is 33.2 Å². The lowest BCUT2D eigenvalue weighted by atomic mass is 10.2. The molecular formula is C12H7F3N4O5. The number of nitrogens with zero attached hydrogens (tertiary/aromatic N) is 3. The number of hydrogen-bond donors (Lipinski definition) is 1. The molecule has 0 unspecified atom stereocenters. The number of anilines is 1. The summed E-state index contributed by atoms with van der Waals surface area (Å²) in [6.45, 7) is 0. The Hall–Kier alpha value is -3.44. The minimum atomic E-state index is -4.64. The third-order valence-corrected chi connectivity index (χ3v) is 2.67. The predicted molar refractivity (Wildman–Crippen MR) is 74.7 cm³/mol. The van der Waals surface area contributed by atoms with Gasteiger partial charge in [0.1, 0.15) is 11.4 Å². The number of hydrogen-bond acceptors (Lipinski definition) is 7. The average Bonchev–Trinajstić information content (AvgIpc) is 2.96. The summed E-state index contributed by atoms with van der Waals surface area (Å²) in [5, 5.41) is 25.0. The summed E-state index contributed by atoms with van der Waals surface area (Å²) in [6, 6.07) is 4.51. The van der Waals surface area contributed by atoms with Crippen LogP contribution in [0, 0.1) is 20.2 Å². The number of hydrazone groups is 1. The van der Waals surface area contributed by atoms with Crippen molar-refractivity contribution in [2.45, 2.75) is 6.18 Å². The topological polar surface area (TPSA) is 124 Å². The molecule has 2 aromatic rings. The Morgan fingerprint density at radius 3 is 2.38 bits per heavy atom. The number of furan rings is 1. The number of nitro benzene ring substituents is 2. The van der Waals surface area contributed by atoms with Crippen molar-refractivity contribution in [3.63, 3.8) is 0 Å². The second-order valence-corrected chi connectivity index (χ2v) is 4.29. The standard InChI is InChI=1S/C12H7F3N4O5/c13-12(14,15)11-4-2-8(24-11)6-16-17-9-3-1-7(18(20)21)5-10(9)19(22)23/h1-6,17H/b16-6-. The van der Waals surface area contributed by atoms with E-state index in [1.807, 2.05) is 0 Å². The Morgan fingerprint density at radius 2 is 1.83 bits per heavy atom. The molecule has 0 fully saturated rings. The molecule has 126 valence electrons. The molecule has 0 spiro atoms. The monoisotopic (exact) mass is 344 g/mol. The third kappa shape index (κ3) is 3.85. The van der Waals surface area contributed by atoms with Crippen LogP contribution in [0.5, 0.6) is 0 Å². The van der Waals surface area contributed by atoms with Crippen molar-refractivity contribution >= 4 is 23.3 Å². The van der Waals surface area contributed by atoms with Crippen molar-refractivity contribution in [2.75, 3.05) is 5.43 Å². The van der Waals surface area contributed by atoms with Crippen LogP contribution in [0.4, 0.5) is 30.2 Å². The van der Waals surface area contributed by atoms with E-state index in [0.29, 0.717) is 6.07 Å². The summed E-state index contributed by atoms with van der Waals surface area (Å²) in [4.78, 5) is 19.8.